The van der Waals surface area contributed by atoms with E-state index in [0.29, 0.717) is 12.5 Å². The Morgan fingerprint density at radius 2 is 1.76 bits per heavy atom. The molecular formula is C23H25NO. The summed E-state index contributed by atoms with van der Waals surface area (Å²) in [6.45, 7) is 6.89. The van der Waals surface area contributed by atoms with Gasteiger partial charge in [-0.15, -0.1) is 0 Å². The highest BCUT2D eigenvalue weighted by Crippen LogP contribution is 2.21. The third-order valence-corrected chi connectivity index (χ3v) is 4.69. The van der Waals surface area contributed by atoms with Gasteiger partial charge in [0.2, 0.25) is 0 Å². The highest BCUT2D eigenvalue weighted by atomic mass is 16.1. The summed E-state index contributed by atoms with van der Waals surface area (Å²) in [5.74, 6) is 0.391. The fraction of sp³-hybridized carbons (Fsp3) is 0.261. The molecule has 0 fully saturated rings. The largest absolute Gasteiger partial charge is 0.352 e. The van der Waals surface area contributed by atoms with Crippen LogP contribution >= 0.6 is 0 Å². The summed E-state index contributed by atoms with van der Waals surface area (Å²) in [7, 11) is 0. The van der Waals surface area contributed by atoms with E-state index < -0.39 is 0 Å². The minimum absolute atomic E-state index is 0.0160. The summed E-state index contributed by atoms with van der Waals surface area (Å²) < 4.78 is 0. The molecule has 0 bridgehead atoms. The van der Waals surface area contributed by atoms with Crippen molar-refractivity contribution in [3.8, 4) is 0 Å². The standard InChI is InChI=1S/C23H25NO/c1-16-11-12-21(18(3)13-16)23(25)24-15-17(2)14-20-9-6-8-19-7-4-5-10-22(19)20/h4-13,17H,14-15H2,1-3H3,(H,24,25)/t17-/m1/s1. The van der Waals surface area contributed by atoms with Gasteiger partial charge < -0.3 is 5.32 Å². The van der Waals surface area contributed by atoms with Crippen molar-refractivity contribution in [2.24, 2.45) is 5.92 Å². The molecule has 0 spiro atoms. The molecule has 0 saturated carbocycles. The number of fused-ring (bicyclic) bond motifs is 1. The average molecular weight is 331 g/mol. The van der Waals surface area contributed by atoms with E-state index in [2.05, 4.69) is 60.8 Å². The van der Waals surface area contributed by atoms with Gasteiger partial charge in [-0.2, -0.15) is 0 Å². The number of carbonyl (C=O) groups excluding carboxylic acids is 1. The zero-order chi connectivity index (χ0) is 17.8. The Balaban J connectivity index is 1.64. The summed E-state index contributed by atoms with van der Waals surface area (Å²) in [5, 5.41) is 5.66. The van der Waals surface area contributed by atoms with Crippen molar-refractivity contribution < 1.29 is 4.79 Å². The maximum absolute atomic E-state index is 12.4. The van der Waals surface area contributed by atoms with Crippen molar-refractivity contribution in [1.29, 1.82) is 0 Å². The highest BCUT2D eigenvalue weighted by molar-refractivity contribution is 5.95. The Bertz CT molecular complexity index is 892. The number of benzene rings is 3. The monoisotopic (exact) mass is 331 g/mol. The maximum Gasteiger partial charge on any atom is 0.251 e. The van der Waals surface area contributed by atoms with E-state index in [1.54, 1.807) is 0 Å². The summed E-state index contributed by atoms with van der Waals surface area (Å²) in [6.07, 6.45) is 0.953. The first-order valence-corrected chi connectivity index (χ1v) is 8.86. The predicted octanol–water partition coefficient (Wildman–Crippen LogP) is 5.07. The Morgan fingerprint density at radius 1 is 1.00 bits per heavy atom. The van der Waals surface area contributed by atoms with E-state index >= 15 is 0 Å². The molecule has 0 unspecified atom stereocenters. The van der Waals surface area contributed by atoms with Gasteiger partial charge in [0.25, 0.3) is 5.91 Å². The zero-order valence-corrected chi connectivity index (χ0v) is 15.2. The molecule has 128 valence electrons. The summed E-state index contributed by atoms with van der Waals surface area (Å²) in [4.78, 5) is 12.4. The van der Waals surface area contributed by atoms with Crippen LogP contribution in [0.2, 0.25) is 0 Å². The highest BCUT2D eigenvalue weighted by Gasteiger charge is 2.12. The molecule has 0 heterocycles. The molecule has 0 saturated heterocycles. The maximum atomic E-state index is 12.4. The number of nitrogens with one attached hydrogen (secondary N) is 1. The lowest BCUT2D eigenvalue weighted by atomic mass is 9.96. The van der Waals surface area contributed by atoms with Gasteiger partial charge in [0, 0.05) is 12.1 Å². The molecule has 25 heavy (non-hydrogen) atoms. The molecule has 0 aliphatic heterocycles. The number of rotatable bonds is 5. The van der Waals surface area contributed by atoms with Crippen LogP contribution in [0.1, 0.15) is 34.0 Å². The minimum Gasteiger partial charge on any atom is -0.352 e. The third kappa shape index (κ3) is 4.08. The molecular weight excluding hydrogens is 306 g/mol. The van der Waals surface area contributed by atoms with Gasteiger partial charge in [0.15, 0.2) is 0 Å². The Kier molecular flexibility index (Phi) is 5.18. The van der Waals surface area contributed by atoms with Crippen LogP contribution in [0.4, 0.5) is 0 Å². The normalized spacial score (nSPS) is 12.1. The molecule has 0 radical (unpaired) electrons. The number of carbonyl (C=O) groups is 1. The van der Waals surface area contributed by atoms with Crippen molar-refractivity contribution in [2.45, 2.75) is 27.2 Å². The second-order valence-corrected chi connectivity index (χ2v) is 6.98. The van der Waals surface area contributed by atoms with Crippen molar-refractivity contribution in [3.63, 3.8) is 0 Å². The van der Waals surface area contributed by atoms with Crippen LogP contribution in [0.3, 0.4) is 0 Å². The first kappa shape index (κ1) is 17.2. The molecule has 3 aromatic rings. The number of aryl methyl sites for hydroxylation is 2. The molecule has 0 aromatic heterocycles. The van der Waals surface area contributed by atoms with Crippen LogP contribution in [-0.2, 0) is 6.42 Å². The predicted molar refractivity (Wildman–Crippen MR) is 105 cm³/mol. The first-order chi connectivity index (χ1) is 12.0. The van der Waals surface area contributed by atoms with Crippen LogP contribution in [0.25, 0.3) is 10.8 Å². The molecule has 0 aliphatic rings. The molecule has 0 aliphatic carbocycles. The fourth-order valence-corrected chi connectivity index (χ4v) is 3.35. The van der Waals surface area contributed by atoms with E-state index in [0.717, 1.165) is 17.5 Å². The van der Waals surface area contributed by atoms with Crippen molar-refractivity contribution in [2.75, 3.05) is 6.54 Å². The fourth-order valence-electron chi connectivity index (χ4n) is 3.35. The lowest BCUT2D eigenvalue weighted by Gasteiger charge is -2.15. The summed E-state index contributed by atoms with van der Waals surface area (Å²) in [5.41, 5.74) is 4.31. The van der Waals surface area contributed by atoms with Crippen LogP contribution < -0.4 is 5.32 Å². The van der Waals surface area contributed by atoms with Gasteiger partial charge in [0.1, 0.15) is 0 Å². The molecule has 3 rings (SSSR count). The topological polar surface area (TPSA) is 29.1 Å². The Labute approximate surface area is 149 Å². The van der Waals surface area contributed by atoms with E-state index in [4.69, 9.17) is 0 Å². The number of amides is 1. The molecule has 1 atom stereocenters. The van der Waals surface area contributed by atoms with Crippen LogP contribution in [0, 0.1) is 19.8 Å². The zero-order valence-electron chi connectivity index (χ0n) is 15.2. The lowest BCUT2D eigenvalue weighted by Crippen LogP contribution is -2.29. The molecule has 3 aromatic carbocycles. The lowest BCUT2D eigenvalue weighted by molar-refractivity contribution is 0.0947. The Hall–Kier alpha value is -2.61. The number of hydrogen-bond donors (Lipinski definition) is 1. The average Bonchev–Trinajstić information content (AvgIpc) is 2.60. The van der Waals surface area contributed by atoms with E-state index in [1.807, 2.05) is 26.0 Å². The van der Waals surface area contributed by atoms with Gasteiger partial charge >= 0.3 is 0 Å². The second-order valence-electron chi connectivity index (χ2n) is 6.98. The summed E-state index contributed by atoms with van der Waals surface area (Å²) in [6, 6.07) is 20.9. The minimum atomic E-state index is 0.0160. The third-order valence-electron chi connectivity index (χ3n) is 4.69. The summed E-state index contributed by atoms with van der Waals surface area (Å²) >= 11 is 0. The van der Waals surface area contributed by atoms with Crippen molar-refractivity contribution in [1.82, 2.24) is 5.32 Å². The quantitative estimate of drug-likeness (QED) is 0.695. The van der Waals surface area contributed by atoms with E-state index in [-0.39, 0.29) is 5.91 Å². The van der Waals surface area contributed by atoms with E-state index in [9.17, 15) is 4.79 Å². The van der Waals surface area contributed by atoms with Gasteiger partial charge in [-0.3, -0.25) is 4.79 Å². The van der Waals surface area contributed by atoms with Gasteiger partial charge in [0.05, 0.1) is 0 Å². The second kappa shape index (κ2) is 7.52. The van der Waals surface area contributed by atoms with Crippen LogP contribution in [-0.4, -0.2) is 12.5 Å². The van der Waals surface area contributed by atoms with E-state index in [1.165, 1.54) is 21.9 Å². The molecule has 2 heteroatoms. The smallest absolute Gasteiger partial charge is 0.251 e. The van der Waals surface area contributed by atoms with Crippen LogP contribution in [0.15, 0.2) is 60.7 Å². The Morgan fingerprint density at radius 3 is 2.56 bits per heavy atom. The SMILES string of the molecule is Cc1ccc(C(=O)NC[C@H](C)Cc2cccc3ccccc23)c(C)c1. The van der Waals surface area contributed by atoms with Gasteiger partial charge in [-0.1, -0.05) is 67.1 Å². The number of hydrogen-bond acceptors (Lipinski definition) is 1. The van der Waals surface area contributed by atoms with Crippen molar-refractivity contribution in [3.05, 3.63) is 82.9 Å². The molecule has 1 amide bonds. The van der Waals surface area contributed by atoms with Gasteiger partial charge in [-0.05, 0) is 54.2 Å². The van der Waals surface area contributed by atoms with Crippen LogP contribution in [0.5, 0.6) is 0 Å². The molecule has 1 N–H and O–H groups in total. The van der Waals surface area contributed by atoms with Crippen molar-refractivity contribution >= 4 is 16.7 Å². The first-order valence-electron chi connectivity index (χ1n) is 8.86. The van der Waals surface area contributed by atoms with Gasteiger partial charge in [-0.25, -0.2) is 0 Å². The molecule has 2 nitrogen and oxygen atoms in total.